The van der Waals surface area contributed by atoms with Crippen LogP contribution in [0.15, 0.2) is 24.3 Å². The minimum Gasteiger partial charge on any atom is -0.396 e. The Bertz CT molecular complexity index is 584. The molecule has 0 saturated heterocycles. The zero-order valence-corrected chi connectivity index (χ0v) is 7.77. The largest absolute Gasteiger partial charge is 0.396 e. The number of fused-ring (bicyclic) bond motifs is 1. The van der Waals surface area contributed by atoms with Crippen LogP contribution in [0, 0.1) is 11.3 Å². The van der Waals surface area contributed by atoms with Crippen LogP contribution in [0.3, 0.4) is 0 Å². The van der Waals surface area contributed by atoms with Crippen LogP contribution in [0.25, 0.3) is 10.9 Å². The Balaban J connectivity index is 2.84. The lowest BCUT2D eigenvalue weighted by molar-refractivity contribution is 0.112. The Morgan fingerprint density at radius 3 is 2.73 bits per heavy atom. The van der Waals surface area contributed by atoms with E-state index in [9.17, 15) is 4.79 Å². The van der Waals surface area contributed by atoms with Crippen molar-refractivity contribution < 1.29 is 4.79 Å². The predicted octanol–water partition coefficient (Wildman–Crippen LogP) is 1.50. The zero-order chi connectivity index (χ0) is 10.8. The van der Waals surface area contributed by atoms with E-state index in [0.29, 0.717) is 23.1 Å². The fourth-order valence-electron chi connectivity index (χ4n) is 1.39. The number of carbonyl (C=O) groups excluding carboxylic acids is 1. The molecule has 0 atom stereocenters. The van der Waals surface area contributed by atoms with Gasteiger partial charge in [0, 0.05) is 10.9 Å². The maximum absolute atomic E-state index is 10.7. The molecule has 2 N–H and O–H groups in total. The van der Waals surface area contributed by atoms with Crippen molar-refractivity contribution in [2.45, 2.75) is 0 Å². The monoisotopic (exact) mass is 197 g/mol. The molecule has 0 aliphatic carbocycles. The molecule has 2 aromatic rings. The molecule has 0 fully saturated rings. The van der Waals surface area contributed by atoms with Crippen molar-refractivity contribution in [1.82, 2.24) is 4.98 Å². The summed E-state index contributed by atoms with van der Waals surface area (Å²) in [6.45, 7) is 0. The Kier molecular flexibility index (Phi) is 2.07. The second-order valence-electron chi connectivity index (χ2n) is 3.07. The summed E-state index contributed by atoms with van der Waals surface area (Å²) in [4.78, 5) is 14.7. The number of aldehydes is 1. The third kappa shape index (κ3) is 1.40. The summed E-state index contributed by atoms with van der Waals surface area (Å²) < 4.78 is 0. The number of hydrogen-bond donors (Lipinski definition) is 1. The molecule has 0 unspecified atom stereocenters. The first-order valence-corrected chi connectivity index (χ1v) is 4.31. The van der Waals surface area contributed by atoms with E-state index in [1.165, 1.54) is 0 Å². The normalized spacial score (nSPS) is 9.80. The van der Waals surface area contributed by atoms with Gasteiger partial charge in [-0.2, -0.15) is 5.26 Å². The van der Waals surface area contributed by atoms with Crippen LogP contribution in [0.4, 0.5) is 5.69 Å². The number of pyridine rings is 1. The summed E-state index contributed by atoms with van der Waals surface area (Å²) in [5.41, 5.74) is 7.25. The maximum atomic E-state index is 10.7. The van der Waals surface area contributed by atoms with Crippen molar-refractivity contribution in [2.24, 2.45) is 0 Å². The molecule has 0 bridgehead atoms. The SMILES string of the molecule is N#Cc1ccc2ccc(C=O)c(N)c2n1. The van der Waals surface area contributed by atoms with Gasteiger partial charge in [0.1, 0.15) is 11.8 Å². The van der Waals surface area contributed by atoms with Gasteiger partial charge in [-0.3, -0.25) is 4.79 Å². The summed E-state index contributed by atoms with van der Waals surface area (Å²) in [6.07, 6.45) is 0.676. The van der Waals surface area contributed by atoms with Crippen molar-refractivity contribution in [2.75, 3.05) is 5.73 Å². The van der Waals surface area contributed by atoms with Crippen LogP contribution in [0.2, 0.25) is 0 Å². The highest BCUT2D eigenvalue weighted by molar-refractivity contribution is 5.98. The molecule has 0 aliphatic heterocycles. The lowest BCUT2D eigenvalue weighted by Gasteiger charge is -2.03. The van der Waals surface area contributed by atoms with Gasteiger partial charge in [-0.15, -0.1) is 0 Å². The van der Waals surface area contributed by atoms with Gasteiger partial charge in [-0.25, -0.2) is 4.98 Å². The van der Waals surface area contributed by atoms with E-state index in [1.54, 1.807) is 24.3 Å². The molecule has 72 valence electrons. The lowest BCUT2D eigenvalue weighted by atomic mass is 10.1. The Hall–Kier alpha value is -2.41. The molecule has 1 heterocycles. The second kappa shape index (κ2) is 3.39. The van der Waals surface area contributed by atoms with Crippen molar-refractivity contribution in [1.29, 1.82) is 5.26 Å². The van der Waals surface area contributed by atoms with E-state index in [2.05, 4.69) is 4.98 Å². The van der Waals surface area contributed by atoms with Gasteiger partial charge >= 0.3 is 0 Å². The number of nitriles is 1. The van der Waals surface area contributed by atoms with Gasteiger partial charge in [0.05, 0.1) is 11.2 Å². The van der Waals surface area contributed by atoms with Crippen LogP contribution in [-0.2, 0) is 0 Å². The Morgan fingerprint density at radius 1 is 1.33 bits per heavy atom. The standard InChI is InChI=1S/C11H7N3O/c12-5-9-4-3-7-1-2-8(6-15)10(13)11(7)14-9/h1-4,6H,13H2. The number of aromatic nitrogens is 1. The quantitative estimate of drug-likeness (QED) is 0.555. The lowest BCUT2D eigenvalue weighted by Crippen LogP contribution is -1.96. The molecule has 0 saturated carbocycles. The highest BCUT2D eigenvalue weighted by Gasteiger charge is 2.05. The van der Waals surface area contributed by atoms with E-state index < -0.39 is 0 Å². The number of anilines is 1. The minimum atomic E-state index is 0.289. The average molecular weight is 197 g/mol. The van der Waals surface area contributed by atoms with Crippen molar-refractivity contribution >= 4 is 22.9 Å². The summed E-state index contributed by atoms with van der Waals surface area (Å²) >= 11 is 0. The molecule has 15 heavy (non-hydrogen) atoms. The van der Waals surface area contributed by atoms with Crippen LogP contribution in [-0.4, -0.2) is 11.3 Å². The second-order valence-corrected chi connectivity index (χ2v) is 3.07. The molecule has 0 aliphatic rings. The third-order valence-corrected chi connectivity index (χ3v) is 2.18. The smallest absolute Gasteiger partial charge is 0.152 e. The molecule has 0 spiro atoms. The minimum absolute atomic E-state index is 0.289. The number of rotatable bonds is 1. The first-order chi connectivity index (χ1) is 7.26. The van der Waals surface area contributed by atoms with Gasteiger partial charge < -0.3 is 5.73 Å². The number of nitrogens with zero attached hydrogens (tertiary/aromatic N) is 2. The van der Waals surface area contributed by atoms with Gasteiger partial charge in [-0.1, -0.05) is 6.07 Å². The van der Waals surface area contributed by atoms with E-state index in [0.717, 1.165) is 5.39 Å². The molecule has 1 aromatic carbocycles. The highest BCUT2D eigenvalue weighted by atomic mass is 16.1. The van der Waals surface area contributed by atoms with E-state index in [4.69, 9.17) is 11.0 Å². The Labute approximate surface area is 86.0 Å². The molecule has 2 rings (SSSR count). The molecule has 0 radical (unpaired) electrons. The first-order valence-electron chi connectivity index (χ1n) is 4.31. The summed E-state index contributed by atoms with van der Waals surface area (Å²) in [5.74, 6) is 0. The fourth-order valence-corrected chi connectivity index (χ4v) is 1.39. The summed E-state index contributed by atoms with van der Waals surface area (Å²) in [6, 6.07) is 8.69. The zero-order valence-electron chi connectivity index (χ0n) is 7.77. The van der Waals surface area contributed by atoms with Gasteiger partial charge in [-0.05, 0) is 18.2 Å². The third-order valence-electron chi connectivity index (χ3n) is 2.18. The van der Waals surface area contributed by atoms with Crippen molar-refractivity contribution in [3.63, 3.8) is 0 Å². The highest BCUT2D eigenvalue weighted by Crippen LogP contribution is 2.22. The maximum Gasteiger partial charge on any atom is 0.152 e. The van der Waals surface area contributed by atoms with E-state index >= 15 is 0 Å². The molecular formula is C11H7N3O. The van der Waals surface area contributed by atoms with Crippen molar-refractivity contribution in [3.05, 3.63) is 35.5 Å². The van der Waals surface area contributed by atoms with Crippen LogP contribution < -0.4 is 5.73 Å². The van der Waals surface area contributed by atoms with Crippen molar-refractivity contribution in [3.8, 4) is 6.07 Å². The molecule has 4 nitrogen and oxygen atoms in total. The molecule has 1 aromatic heterocycles. The van der Waals surface area contributed by atoms with Crippen LogP contribution in [0.1, 0.15) is 16.1 Å². The van der Waals surface area contributed by atoms with E-state index in [1.807, 2.05) is 6.07 Å². The fraction of sp³-hybridized carbons (Fsp3) is 0. The number of carbonyl (C=O) groups is 1. The van der Waals surface area contributed by atoms with Gasteiger partial charge in [0.2, 0.25) is 0 Å². The Morgan fingerprint density at radius 2 is 2.07 bits per heavy atom. The van der Waals surface area contributed by atoms with Gasteiger partial charge in [0.25, 0.3) is 0 Å². The van der Waals surface area contributed by atoms with Crippen LogP contribution in [0.5, 0.6) is 0 Å². The topological polar surface area (TPSA) is 79.8 Å². The molecule has 4 heteroatoms. The van der Waals surface area contributed by atoms with E-state index in [-0.39, 0.29) is 5.69 Å². The first kappa shape index (κ1) is 9.16. The number of benzene rings is 1. The molecular weight excluding hydrogens is 190 g/mol. The number of nitrogen functional groups attached to an aromatic ring is 1. The van der Waals surface area contributed by atoms with Crippen LogP contribution >= 0.6 is 0 Å². The average Bonchev–Trinajstić information content (AvgIpc) is 2.29. The number of nitrogens with two attached hydrogens (primary N) is 1. The molecule has 0 amide bonds. The predicted molar refractivity (Wildman–Crippen MR) is 56.3 cm³/mol. The number of hydrogen-bond acceptors (Lipinski definition) is 4. The summed E-state index contributed by atoms with van der Waals surface area (Å²) in [7, 11) is 0. The van der Waals surface area contributed by atoms with Gasteiger partial charge in [0.15, 0.2) is 6.29 Å². The summed E-state index contributed by atoms with van der Waals surface area (Å²) in [5, 5.41) is 9.51.